The first-order valence-corrected chi connectivity index (χ1v) is 13.0. The van der Waals surface area contributed by atoms with E-state index in [2.05, 4.69) is 43.6 Å². The number of nitrogens with zero attached hydrogens (tertiary/aromatic N) is 3. The van der Waals surface area contributed by atoms with Gasteiger partial charge in [-0.15, -0.1) is 0 Å². The molecule has 3 nitrogen and oxygen atoms in total. The molecular formula is C33H34F3N3. The van der Waals surface area contributed by atoms with Crippen molar-refractivity contribution in [3.05, 3.63) is 112 Å². The van der Waals surface area contributed by atoms with Crippen molar-refractivity contribution in [3.63, 3.8) is 0 Å². The van der Waals surface area contributed by atoms with Crippen LogP contribution in [0.4, 0.5) is 13.2 Å². The predicted octanol–water partition coefficient (Wildman–Crippen LogP) is 9.05. The van der Waals surface area contributed by atoms with E-state index in [1.54, 1.807) is 18.5 Å². The minimum absolute atomic E-state index is 0.0204. The van der Waals surface area contributed by atoms with Crippen LogP contribution >= 0.6 is 0 Å². The number of halogens is 3. The molecule has 1 heterocycles. The van der Waals surface area contributed by atoms with Gasteiger partial charge in [0.1, 0.15) is 0 Å². The van der Waals surface area contributed by atoms with E-state index in [4.69, 9.17) is 4.99 Å². The van der Waals surface area contributed by atoms with E-state index in [1.165, 1.54) is 6.08 Å². The molecular weight excluding hydrogens is 495 g/mol. The van der Waals surface area contributed by atoms with Crippen molar-refractivity contribution in [1.29, 1.82) is 5.26 Å². The van der Waals surface area contributed by atoms with Crippen molar-refractivity contribution in [2.24, 2.45) is 15.9 Å². The monoisotopic (exact) mass is 529 g/mol. The van der Waals surface area contributed by atoms with E-state index < -0.39 is 11.7 Å². The highest BCUT2D eigenvalue weighted by atomic mass is 19.4. The third kappa shape index (κ3) is 6.72. The number of alkyl halides is 3. The summed E-state index contributed by atoms with van der Waals surface area (Å²) >= 11 is 0. The van der Waals surface area contributed by atoms with E-state index in [9.17, 15) is 18.4 Å². The summed E-state index contributed by atoms with van der Waals surface area (Å²) in [6.45, 7) is 12.9. The second-order valence-corrected chi connectivity index (χ2v) is 9.61. The molecule has 0 aromatic heterocycles. The van der Waals surface area contributed by atoms with Gasteiger partial charge in [0.05, 0.1) is 17.7 Å². The fraction of sp³-hybridized carbons (Fsp3) is 0.303. The van der Waals surface area contributed by atoms with Crippen LogP contribution in [-0.2, 0) is 0 Å². The van der Waals surface area contributed by atoms with Crippen LogP contribution < -0.4 is 0 Å². The van der Waals surface area contributed by atoms with Gasteiger partial charge in [-0.2, -0.15) is 18.4 Å². The normalized spacial score (nSPS) is 19.7. The molecule has 0 N–H and O–H groups in total. The van der Waals surface area contributed by atoms with Gasteiger partial charge in [0.15, 0.2) is 0 Å². The molecule has 2 unspecified atom stereocenters. The predicted molar refractivity (Wildman–Crippen MR) is 156 cm³/mol. The smallest absolute Gasteiger partial charge is 0.281 e. The topological polar surface area (TPSA) is 48.5 Å². The Morgan fingerprint density at radius 2 is 1.92 bits per heavy atom. The lowest BCUT2D eigenvalue weighted by Crippen LogP contribution is -2.24. The Morgan fingerprint density at radius 3 is 2.49 bits per heavy atom. The van der Waals surface area contributed by atoms with Crippen LogP contribution in [-0.4, -0.2) is 24.1 Å². The molecule has 1 aliphatic heterocycles. The zero-order valence-corrected chi connectivity index (χ0v) is 23.1. The first-order chi connectivity index (χ1) is 18.5. The molecule has 0 bridgehead atoms. The Labute approximate surface area is 229 Å². The number of benzene rings is 1. The van der Waals surface area contributed by atoms with Gasteiger partial charge in [-0.1, -0.05) is 56.0 Å². The van der Waals surface area contributed by atoms with Crippen molar-refractivity contribution in [2.75, 3.05) is 0 Å². The SMILES string of the molecule is C=C/C(=C\C=C(/C)C(F)(F)F)C(C1=CCC2N=C(CC)C(c3ccc(C#N)cc3)=C(C)C2=C1)/C(C)=C/N=CC. The van der Waals surface area contributed by atoms with E-state index in [0.29, 0.717) is 17.6 Å². The van der Waals surface area contributed by atoms with Crippen LogP contribution in [0, 0.1) is 17.2 Å². The Bertz CT molecular complexity index is 1400. The highest BCUT2D eigenvalue weighted by molar-refractivity contribution is 6.26. The first-order valence-electron chi connectivity index (χ1n) is 13.0. The third-order valence-electron chi connectivity index (χ3n) is 7.06. The second kappa shape index (κ2) is 12.7. The average molecular weight is 530 g/mol. The number of dihydropyridines is 1. The first kappa shape index (κ1) is 29.6. The Balaban J connectivity index is 2.15. The Kier molecular flexibility index (Phi) is 9.64. The lowest BCUT2D eigenvalue weighted by molar-refractivity contribution is -0.0913. The molecule has 0 radical (unpaired) electrons. The van der Waals surface area contributed by atoms with Gasteiger partial charge in [0.2, 0.25) is 0 Å². The molecule has 6 heteroatoms. The lowest BCUT2D eigenvalue weighted by Gasteiger charge is -2.32. The van der Waals surface area contributed by atoms with E-state index in [1.807, 2.05) is 38.1 Å². The number of hydrogen-bond acceptors (Lipinski definition) is 3. The van der Waals surface area contributed by atoms with Gasteiger partial charge in [-0.3, -0.25) is 9.98 Å². The summed E-state index contributed by atoms with van der Waals surface area (Å²) in [5, 5.41) is 9.21. The average Bonchev–Trinajstić information content (AvgIpc) is 2.93. The molecule has 1 aromatic rings. The van der Waals surface area contributed by atoms with E-state index in [0.717, 1.165) is 58.6 Å². The molecule has 39 heavy (non-hydrogen) atoms. The molecule has 2 atom stereocenters. The van der Waals surface area contributed by atoms with E-state index >= 15 is 0 Å². The molecule has 0 spiro atoms. The number of rotatable bonds is 8. The van der Waals surface area contributed by atoms with Gasteiger partial charge in [0.25, 0.3) is 0 Å². The van der Waals surface area contributed by atoms with Crippen LogP contribution in [0.2, 0.25) is 0 Å². The maximum atomic E-state index is 13.2. The fourth-order valence-corrected chi connectivity index (χ4v) is 4.95. The summed E-state index contributed by atoms with van der Waals surface area (Å²) in [5.41, 5.74) is 7.74. The van der Waals surface area contributed by atoms with Crippen molar-refractivity contribution < 1.29 is 13.2 Å². The summed E-state index contributed by atoms with van der Waals surface area (Å²) < 4.78 is 39.6. The van der Waals surface area contributed by atoms with Gasteiger partial charge in [-0.05, 0) is 86.1 Å². The van der Waals surface area contributed by atoms with Crippen molar-refractivity contribution >= 4 is 17.5 Å². The molecule has 2 aliphatic rings. The maximum Gasteiger partial charge on any atom is 0.412 e. The second-order valence-electron chi connectivity index (χ2n) is 9.61. The van der Waals surface area contributed by atoms with Gasteiger partial charge < -0.3 is 0 Å². The highest BCUT2D eigenvalue weighted by Gasteiger charge is 2.31. The molecule has 0 amide bonds. The van der Waals surface area contributed by atoms with Crippen molar-refractivity contribution in [2.45, 2.75) is 59.7 Å². The number of aliphatic imine (C=N–C) groups is 2. The number of nitriles is 1. The Hall–Kier alpha value is -3.98. The molecule has 3 rings (SSSR count). The summed E-state index contributed by atoms with van der Waals surface area (Å²) in [7, 11) is 0. The van der Waals surface area contributed by atoms with Gasteiger partial charge in [0, 0.05) is 35.2 Å². The maximum absolute atomic E-state index is 13.2. The highest BCUT2D eigenvalue weighted by Crippen LogP contribution is 2.41. The molecule has 0 saturated carbocycles. The molecule has 1 aliphatic carbocycles. The quantitative estimate of drug-likeness (QED) is 0.245. The minimum Gasteiger partial charge on any atom is -0.281 e. The summed E-state index contributed by atoms with van der Waals surface area (Å²) in [5.74, 6) is -0.320. The number of hydrogen-bond donors (Lipinski definition) is 0. The third-order valence-corrected chi connectivity index (χ3v) is 7.06. The van der Waals surface area contributed by atoms with Crippen LogP contribution in [0.1, 0.15) is 58.6 Å². The Morgan fingerprint density at radius 1 is 1.23 bits per heavy atom. The fourth-order valence-electron chi connectivity index (χ4n) is 4.95. The molecule has 1 aromatic carbocycles. The zero-order valence-electron chi connectivity index (χ0n) is 23.1. The summed E-state index contributed by atoms with van der Waals surface area (Å²) in [6.07, 6.45) is 8.95. The number of allylic oxidation sites excluding steroid dienone is 9. The molecule has 0 saturated heterocycles. The van der Waals surface area contributed by atoms with Gasteiger partial charge in [-0.25, -0.2) is 0 Å². The van der Waals surface area contributed by atoms with Gasteiger partial charge >= 0.3 is 6.18 Å². The van der Waals surface area contributed by atoms with Crippen molar-refractivity contribution in [3.8, 4) is 6.07 Å². The lowest BCUT2D eigenvalue weighted by atomic mass is 9.76. The molecule has 202 valence electrons. The van der Waals surface area contributed by atoms with Crippen LogP contribution in [0.3, 0.4) is 0 Å². The summed E-state index contributed by atoms with van der Waals surface area (Å²) in [4.78, 5) is 9.36. The summed E-state index contributed by atoms with van der Waals surface area (Å²) in [6, 6.07) is 9.67. The minimum atomic E-state index is -4.39. The standard InChI is InChI=1S/C33H34F3N3/c1-7-25(13-10-22(5)33(34,35)36)31(21(4)20-38-9-3)27-16-17-30-28(18-27)23(6)32(29(8-2)39-30)26-14-11-24(19-37)12-15-26/h7,9-16,18,20,30-31H,1,8,17H2,2-6H3/b21-20+,22-10+,25-13+,38-9?. The van der Waals surface area contributed by atoms with Crippen LogP contribution in [0.15, 0.2) is 111 Å². The molecule has 0 fully saturated rings. The van der Waals surface area contributed by atoms with Crippen molar-refractivity contribution in [1.82, 2.24) is 0 Å². The number of fused-ring (bicyclic) bond motifs is 1. The largest absolute Gasteiger partial charge is 0.412 e. The van der Waals surface area contributed by atoms with Crippen LogP contribution in [0.5, 0.6) is 0 Å². The van der Waals surface area contributed by atoms with Crippen LogP contribution in [0.25, 0.3) is 5.57 Å². The zero-order chi connectivity index (χ0) is 28.7. The van der Waals surface area contributed by atoms with E-state index in [-0.39, 0.29) is 12.0 Å².